The van der Waals surface area contributed by atoms with Crippen molar-refractivity contribution in [1.29, 1.82) is 0 Å². The molecular formula is C21H36N2O7S2Si. The zero-order chi connectivity index (χ0) is 25.3. The molecule has 0 bridgehead atoms. The van der Waals surface area contributed by atoms with E-state index in [2.05, 4.69) is 25.4 Å². The van der Waals surface area contributed by atoms with Crippen LogP contribution >= 0.6 is 0 Å². The molecule has 12 heteroatoms. The number of aryl methyl sites for hydroxylation is 1. The Labute approximate surface area is 198 Å². The van der Waals surface area contributed by atoms with Crippen molar-refractivity contribution >= 4 is 34.1 Å². The monoisotopic (exact) mass is 520 g/mol. The Kier molecular flexibility index (Phi) is 11.2. The van der Waals surface area contributed by atoms with Crippen LogP contribution in [-0.2, 0) is 24.7 Å². The number of nitrogens with zero attached hydrogens (tertiary/aromatic N) is 1. The highest BCUT2D eigenvalue weighted by Crippen LogP contribution is 2.20. The van der Waals surface area contributed by atoms with Gasteiger partial charge in [0.1, 0.15) is 10.1 Å². The summed E-state index contributed by atoms with van der Waals surface area (Å²) in [7, 11) is -8.70. The molecule has 1 heterocycles. The number of hydrogen-bond acceptors (Lipinski definition) is 7. The minimum Gasteiger partial charge on any atom is -0.744 e. The summed E-state index contributed by atoms with van der Waals surface area (Å²) in [6, 6.07) is 6.73. The molecular weight excluding hydrogens is 484 g/mol. The quantitative estimate of drug-likeness (QED) is 0.427. The Bertz CT molecular complexity index is 994. The molecule has 0 radical (unpaired) electrons. The van der Waals surface area contributed by atoms with Crippen LogP contribution < -0.4 is 5.73 Å². The third kappa shape index (κ3) is 11.3. The third-order valence-corrected chi connectivity index (χ3v) is 9.53. The molecule has 0 aromatic heterocycles. The average molecular weight is 521 g/mol. The number of rotatable bonds is 7. The van der Waals surface area contributed by atoms with E-state index in [0.29, 0.717) is 39.1 Å². The van der Waals surface area contributed by atoms with E-state index in [9.17, 15) is 26.2 Å². The van der Waals surface area contributed by atoms with Crippen molar-refractivity contribution in [3.05, 3.63) is 41.3 Å². The molecule has 0 unspecified atom stereocenters. The van der Waals surface area contributed by atoms with Crippen LogP contribution in [0.4, 0.5) is 4.79 Å². The van der Waals surface area contributed by atoms with Crippen molar-refractivity contribution in [1.82, 2.24) is 4.90 Å². The standard InChI is InChI=1S/C14H28N2O4SSi.C7H8O3S/c1-22(2,3)12-10-20-14(17)16-8-5-13(6-9-16)21(18,19)11-4-7-15;1-6-2-4-7(5-3-6)11(8,9)10/h4,11,13H,5-10,12,15H2,1-3H3;2-5H,1H3,(H,8,9,10)/b11-4+;. The Morgan fingerprint density at radius 2 is 1.70 bits per heavy atom. The maximum Gasteiger partial charge on any atom is 0.409 e. The largest absolute Gasteiger partial charge is 0.744 e. The summed E-state index contributed by atoms with van der Waals surface area (Å²) < 4.78 is 60.6. The highest BCUT2D eigenvalue weighted by Gasteiger charge is 2.30. The first-order valence-electron chi connectivity index (χ1n) is 10.8. The van der Waals surface area contributed by atoms with Crippen molar-refractivity contribution in [2.45, 2.75) is 55.6 Å². The number of sulfone groups is 1. The molecule has 2 rings (SSSR count). The van der Waals surface area contributed by atoms with Gasteiger partial charge >= 0.3 is 6.09 Å². The molecule has 3 N–H and O–H groups in total. The van der Waals surface area contributed by atoms with Crippen molar-refractivity contribution in [3.8, 4) is 0 Å². The summed E-state index contributed by atoms with van der Waals surface area (Å²) in [4.78, 5) is 13.4. The van der Waals surface area contributed by atoms with Crippen LogP contribution in [0.3, 0.4) is 0 Å². The van der Waals surface area contributed by atoms with Crippen LogP contribution in [0.1, 0.15) is 18.4 Å². The highest BCUT2D eigenvalue weighted by atomic mass is 32.2. The SMILES string of the molecule is C[Si](C)(C)CCOC(=O)N1CCC(S(=O)(=O)/C=C/C[NH3+])CC1.Cc1ccc(S(=O)(=O)[O-])cc1. The van der Waals surface area contributed by atoms with Crippen LogP contribution in [0.5, 0.6) is 0 Å². The van der Waals surface area contributed by atoms with Crippen LogP contribution in [0.15, 0.2) is 40.6 Å². The number of ether oxygens (including phenoxy) is 1. The zero-order valence-corrected chi connectivity index (χ0v) is 22.5. The second kappa shape index (κ2) is 12.7. The number of carbonyl (C=O) groups excluding carboxylic acids is 1. The lowest BCUT2D eigenvalue weighted by atomic mass is 10.1. The molecule has 0 aliphatic carbocycles. The van der Waals surface area contributed by atoms with E-state index < -0.39 is 33.3 Å². The van der Waals surface area contributed by atoms with Crippen LogP contribution in [0, 0.1) is 6.92 Å². The molecule has 1 aliphatic heterocycles. The first-order chi connectivity index (χ1) is 15.2. The summed E-state index contributed by atoms with van der Waals surface area (Å²) >= 11 is 0. The molecule has 33 heavy (non-hydrogen) atoms. The lowest BCUT2D eigenvalue weighted by Gasteiger charge is -2.30. The molecule has 0 atom stereocenters. The van der Waals surface area contributed by atoms with E-state index in [1.807, 2.05) is 6.92 Å². The number of amides is 1. The van der Waals surface area contributed by atoms with Gasteiger partial charge in [-0.25, -0.2) is 21.6 Å². The predicted octanol–water partition coefficient (Wildman–Crippen LogP) is 2.00. The van der Waals surface area contributed by atoms with Gasteiger partial charge < -0.3 is 19.9 Å². The van der Waals surface area contributed by atoms with Gasteiger partial charge in [0.05, 0.1) is 23.3 Å². The molecule has 1 fully saturated rings. The molecule has 9 nitrogen and oxygen atoms in total. The molecule has 188 valence electrons. The minimum atomic E-state index is -4.27. The Balaban J connectivity index is 0.000000412. The maximum atomic E-state index is 12.1. The fraction of sp³-hybridized carbons (Fsp3) is 0.571. The van der Waals surface area contributed by atoms with Crippen molar-refractivity contribution in [2.75, 3.05) is 26.2 Å². The van der Waals surface area contributed by atoms with E-state index in [4.69, 9.17) is 4.74 Å². The van der Waals surface area contributed by atoms with Gasteiger partial charge in [0.25, 0.3) is 0 Å². The van der Waals surface area contributed by atoms with Gasteiger partial charge in [-0.05, 0) is 44.0 Å². The molecule has 0 saturated carbocycles. The minimum absolute atomic E-state index is 0.178. The number of benzene rings is 1. The first-order valence-corrected chi connectivity index (χ1v) is 17.5. The van der Waals surface area contributed by atoms with Gasteiger partial charge in [-0.15, -0.1) is 0 Å². The smallest absolute Gasteiger partial charge is 0.409 e. The highest BCUT2D eigenvalue weighted by molar-refractivity contribution is 7.94. The molecule has 1 aromatic rings. The van der Waals surface area contributed by atoms with E-state index in [1.165, 1.54) is 17.5 Å². The molecule has 1 amide bonds. The van der Waals surface area contributed by atoms with Gasteiger partial charge in [-0.3, -0.25) is 0 Å². The maximum absolute atomic E-state index is 12.1. The van der Waals surface area contributed by atoms with E-state index in [-0.39, 0.29) is 11.0 Å². The summed E-state index contributed by atoms with van der Waals surface area (Å²) in [6.07, 6.45) is 2.18. The lowest BCUT2D eigenvalue weighted by molar-refractivity contribution is -0.352. The van der Waals surface area contributed by atoms with E-state index >= 15 is 0 Å². The van der Waals surface area contributed by atoms with Gasteiger partial charge in [-0.1, -0.05) is 37.3 Å². The molecule has 1 saturated heterocycles. The number of likely N-dealkylation sites (tertiary alicyclic amines) is 1. The number of carbonyl (C=O) groups is 1. The molecule has 1 aliphatic rings. The topological polar surface area (TPSA) is 149 Å². The Hall–Kier alpha value is -1.73. The second-order valence-corrected chi connectivity index (χ2v) is 18.2. The van der Waals surface area contributed by atoms with Crippen LogP contribution in [0.2, 0.25) is 25.7 Å². The van der Waals surface area contributed by atoms with Crippen molar-refractivity contribution < 1.29 is 36.7 Å². The van der Waals surface area contributed by atoms with E-state index in [1.54, 1.807) is 23.1 Å². The van der Waals surface area contributed by atoms with Gasteiger partial charge in [0, 0.05) is 26.6 Å². The average Bonchev–Trinajstić information content (AvgIpc) is 2.71. The Morgan fingerprint density at radius 1 is 1.15 bits per heavy atom. The predicted molar refractivity (Wildman–Crippen MR) is 129 cm³/mol. The van der Waals surface area contributed by atoms with E-state index in [0.717, 1.165) is 11.6 Å². The van der Waals surface area contributed by atoms with Gasteiger partial charge in [0.15, 0.2) is 9.84 Å². The zero-order valence-electron chi connectivity index (χ0n) is 19.8. The molecule has 1 aromatic carbocycles. The summed E-state index contributed by atoms with van der Waals surface area (Å²) in [6.45, 7) is 10.3. The molecule has 0 spiro atoms. The van der Waals surface area contributed by atoms with Crippen LogP contribution in [0.25, 0.3) is 0 Å². The van der Waals surface area contributed by atoms with Gasteiger partial charge in [0.2, 0.25) is 0 Å². The second-order valence-electron chi connectivity index (χ2n) is 9.13. The van der Waals surface area contributed by atoms with Crippen molar-refractivity contribution in [2.24, 2.45) is 0 Å². The normalized spacial score (nSPS) is 15.8. The summed E-state index contributed by atoms with van der Waals surface area (Å²) in [5.41, 5.74) is 4.53. The Morgan fingerprint density at radius 3 is 2.15 bits per heavy atom. The summed E-state index contributed by atoms with van der Waals surface area (Å²) in [5.74, 6) is 0. The fourth-order valence-electron chi connectivity index (χ4n) is 2.92. The summed E-state index contributed by atoms with van der Waals surface area (Å²) in [5, 5.41) is 0.855. The third-order valence-electron chi connectivity index (χ3n) is 5.00. The lowest BCUT2D eigenvalue weighted by Crippen LogP contribution is -2.49. The van der Waals surface area contributed by atoms with Crippen LogP contribution in [-0.4, -0.2) is 71.9 Å². The number of hydrogen-bond donors (Lipinski definition) is 1. The van der Waals surface area contributed by atoms with Crippen molar-refractivity contribution in [3.63, 3.8) is 0 Å². The van der Waals surface area contributed by atoms with Gasteiger partial charge in [-0.2, -0.15) is 0 Å². The number of piperidine rings is 1. The number of quaternary nitrogens is 1. The fourth-order valence-corrected chi connectivity index (χ4v) is 5.60. The first kappa shape index (κ1) is 29.3.